The van der Waals surface area contributed by atoms with Gasteiger partial charge in [-0.2, -0.15) is 0 Å². The number of benzene rings is 1. The van der Waals surface area contributed by atoms with Crippen LogP contribution in [0, 0.1) is 0 Å². The minimum absolute atomic E-state index is 0.204. The first-order chi connectivity index (χ1) is 9.06. The molecule has 0 unspecified atom stereocenters. The van der Waals surface area contributed by atoms with Crippen LogP contribution in [0.1, 0.15) is 10.4 Å². The largest absolute Gasteiger partial charge is 0.290 e. The molecule has 0 aliphatic heterocycles. The number of rotatable bonds is 3. The monoisotopic (exact) mass is 272 g/mol. The molecule has 0 saturated heterocycles. The summed E-state index contributed by atoms with van der Waals surface area (Å²) in [7, 11) is 0. The van der Waals surface area contributed by atoms with E-state index in [1.807, 2.05) is 0 Å². The van der Waals surface area contributed by atoms with E-state index in [2.05, 4.69) is 0 Å². The Morgan fingerprint density at radius 3 is 2.42 bits per heavy atom. The Labute approximate surface area is 114 Å². The molecule has 1 aromatic rings. The van der Waals surface area contributed by atoms with Crippen molar-refractivity contribution in [1.29, 1.82) is 0 Å². The Hall–Kier alpha value is -2.26. The summed E-state index contributed by atoms with van der Waals surface area (Å²) in [5, 5.41) is 0.543. The van der Waals surface area contributed by atoms with E-state index in [0.717, 1.165) is 0 Å². The zero-order valence-corrected chi connectivity index (χ0v) is 10.6. The minimum Gasteiger partial charge on any atom is -0.290 e. The average molecular weight is 273 g/mol. The number of carbonyl (C=O) groups is 3. The topological polar surface area (TPSA) is 51.2 Å². The number of hydrogen-bond donors (Lipinski definition) is 0. The maximum absolute atomic E-state index is 11.8. The van der Waals surface area contributed by atoms with Crippen LogP contribution in [-0.2, 0) is 9.59 Å². The van der Waals surface area contributed by atoms with Crippen LogP contribution in [0.15, 0.2) is 60.2 Å². The lowest BCUT2D eigenvalue weighted by Gasteiger charge is -2.00. The zero-order valence-electron chi connectivity index (χ0n) is 9.80. The quantitative estimate of drug-likeness (QED) is 0.483. The number of hydrogen-bond acceptors (Lipinski definition) is 3. The fourth-order valence-corrected chi connectivity index (χ4v) is 1.66. The van der Waals surface area contributed by atoms with E-state index >= 15 is 0 Å². The second-order valence-electron chi connectivity index (χ2n) is 3.90. The first kappa shape index (κ1) is 13.2. The van der Waals surface area contributed by atoms with Gasteiger partial charge in [-0.05, 0) is 54.6 Å². The lowest BCUT2D eigenvalue weighted by atomic mass is 10.0. The molecule has 1 aromatic carbocycles. The molecule has 0 atom stereocenters. The molecule has 3 nitrogen and oxygen atoms in total. The van der Waals surface area contributed by atoms with Crippen molar-refractivity contribution in [2.45, 2.75) is 0 Å². The van der Waals surface area contributed by atoms with Crippen molar-refractivity contribution in [1.82, 2.24) is 0 Å². The van der Waals surface area contributed by atoms with Crippen LogP contribution in [0.25, 0.3) is 0 Å². The van der Waals surface area contributed by atoms with Gasteiger partial charge in [0.15, 0.2) is 17.3 Å². The van der Waals surface area contributed by atoms with E-state index < -0.39 is 0 Å². The van der Waals surface area contributed by atoms with E-state index in [0.29, 0.717) is 10.6 Å². The molecule has 0 bridgehead atoms. The van der Waals surface area contributed by atoms with Crippen LogP contribution in [-0.4, -0.2) is 17.3 Å². The van der Waals surface area contributed by atoms with Gasteiger partial charge in [-0.1, -0.05) is 11.6 Å². The van der Waals surface area contributed by atoms with Crippen LogP contribution in [0.3, 0.4) is 0 Å². The number of allylic oxidation sites excluding steroid dienone is 6. The third kappa shape index (κ3) is 3.36. The fourth-order valence-electron chi connectivity index (χ4n) is 1.53. The van der Waals surface area contributed by atoms with Gasteiger partial charge in [0.25, 0.3) is 0 Å². The molecule has 94 valence electrons. The summed E-state index contributed by atoms with van der Waals surface area (Å²) in [5.74, 6) is -0.815. The van der Waals surface area contributed by atoms with E-state index in [9.17, 15) is 14.4 Å². The van der Waals surface area contributed by atoms with E-state index in [1.54, 1.807) is 24.3 Å². The second kappa shape index (κ2) is 5.59. The highest BCUT2D eigenvalue weighted by molar-refractivity contribution is 6.30. The van der Waals surface area contributed by atoms with Crippen LogP contribution in [0.2, 0.25) is 5.02 Å². The first-order valence-electron chi connectivity index (χ1n) is 5.52. The van der Waals surface area contributed by atoms with Gasteiger partial charge in [0.1, 0.15) is 0 Å². The summed E-state index contributed by atoms with van der Waals surface area (Å²) in [6.07, 6.45) is 6.20. The lowest BCUT2D eigenvalue weighted by Crippen LogP contribution is -2.06. The normalized spacial score (nSPS) is 14.9. The molecule has 2 rings (SSSR count). The van der Waals surface area contributed by atoms with Gasteiger partial charge in [-0.15, -0.1) is 0 Å². The van der Waals surface area contributed by atoms with Crippen LogP contribution in [0.5, 0.6) is 0 Å². The van der Waals surface area contributed by atoms with Crippen molar-refractivity contribution in [3.05, 3.63) is 70.8 Å². The van der Waals surface area contributed by atoms with Gasteiger partial charge in [-0.3, -0.25) is 14.4 Å². The molecule has 0 saturated carbocycles. The lowest BCUT2D eigenvalue weighted by molar-refractivity contribution is -0.114. The molecule has 0 heterocycles. The predicted molar refractivity (Wildman–Crippen MR) is 72.2 cm³/mol. The van der Waals surface area contributed by atoms with Gasteiger partial charge in [0.05, 0.1) is 0 Å². The molecular weight excluding hydrogens is 264 g/mol. The summed E-state index contributed by atoms with van der Waals surface area (Å²) >= 11 is 5.72. The highest BCUT2D eigenvalue weighted by Crippen LogP contribution is 2.12. The van der Waals surface area contributed by atoms with Crippen LogP contribution in [0.4, 0.5) is 0 Å². The molecule has 0 N–H and O–H groups in total. The molecule has 1 aliphatic rings. The smallest absolute Gasteiger partial charge is 0.186 e. The van der Waals surface area contributed by atoms with Gasteiger partial charge in [0, 0.05) is 16.2 Å². The molecule has 0 amide bonds. The van der Waals surface area contributed by atoms with Crippen LogP contribution < -0.4 is 0 Å². The maximum atomic E-state index is 11.8. The van der Waals surface area contributed by atoms with E-state index in [4.69, 9.17) is 11.6 Å². The molecule has 0 spiro atoms. The average Bonchev–Trinajstić information content (AvgIpc) is 2.40. The minimum atomic E-state index is -0.292. The van der Waals surface area contributed by atoms with Gasteiger partial charge in [0.2, 0.25) is 0 Å². The third-order valence-electron chi connectivity index (χ3n) is 2.52. The van der Waals surface area contributed by atoms with Gasteiger partial charge < -0.3 is 0 Å². The Kier molecular flexibility index (Phi) is 3.88. The van der Waals surface area contributed by atoms with Crippen molar-refractivity contribution >= 4 is 29.0 Å². The summed E-state index contributed by atoms with van der Waals surface area (Å²) in [6, 6.07) is 6.41. The molecule has 1 aliphatic carbocycles. The number of carbonyl (C=O) groups excluding carboxylic acids is 3. The van der Waals surface area contributed by atoms with Crippen molar-refractivity contribution in [2.75, 3.05) is 0 Å². The Balaban J connectivity index is 2.15. The summed E-state index contributed by atoms with van der Waals surface area (Å²) in [6.45, 7) is 0. The Morgan fingerprint density at radius 1 is 1.05 bits per heavy atom. The first-order valence-corrected chi connectivity index (χ1v) is 5.90. The molecule has 0 fully saturated rings. The summed E-state index contributed by atoms with van der Waals surface area (Å²) < 4.78 is 0. The molecule has 19 heavy (non-hydrogen) atoms. The summed E-state index contributed by atoms with van der Waals surface area (Å²) in [5.41, 5.74) is 0.668. The number of ketones is 3. The maximum Gasteiger partial charge on any atom is 0.186 e. The molecule has 0 aromatic heterocycles. The Bertz CT molecular complexity index is 634. The van der Waals surface area contributed by atoms with Gasteiger partial charge >= 0.3 is 0 Å². The molecular formula is C15H9ClO3. The third-order valence-corrected chi connectivity index (χ3v) is 2.78. The van der Waals surface area contributed by atoms with Crippen molar-refractivity contribution in [3.63, 3.8) is 0 Å². The molecule has 4 heteroatoms. The summed E-state index contributed by atoms with van der Waals surface area (Å²) in [4.78, 5) is 34.4. The predicted octanol–water partition coefficient (Wildman–Crippen LogP) is 2.71. The van der Waals surface area contributed by atoms with Crippen molar-refractivity contribution in [3.8, 4) is 0 Å². The number of halogens is 1. The van der Waals surface area contributed by atoms with Crippen molar-refractivity contribution < 1.29 is 14.4 Å². The van der Waals surface area contributed by atoms with E-state index in [1.165, 1.54) is 30.4 Å². The van der Waals surface area contributed by atoms with E-state index in [-0.39, 0.29) is 22.9 Å². The fraction of sp³-hybridized carbons (Fsp3) is 0. The Morgan fingerprint density at radius 2 is 1.74 bits per heavy atom. The SMILES string of the molecule is O=C1C=CC(=O)C(C=CC(=O)c2ccc(Cl)cc2)=C1. The van der Waals surface area contributed by atoms with Crippen molar-refractivity contribution in [2.24, 2.45) is 0 Å². The van der Waals surface area contributed by atoms with Gasteiger partial charge in [-0.25, -0.2) is 0 Å². The van der Waals surface area contributed by atoms with Crippen LogP contribution >= 0.6 is 11.6 Å². The highest BCUT2D eigenvalue weighted by Gasteiger charge is 2.10. The molecule has 0 radical (unpaired) electrons. The standard InChI is InChI=1S/C15H9ClO3/c16-12-4-1-10(2-5-12)14(18)7-3-11-9-13(17)6-8-15(11)19/h1-9H. The zero-order chi connectivity index (χ0) is 13.8. The highest BCUT2D eigenvalue weighted by atomic mass is 35.5. The second-order valence-corrected chi connectivity index (χ2v) is 4.34.